The summed E-state index contributed by atoms with van der Waals surface area (Å²) in [4.78, 5) is 25.6. The molecule has 2 amide bonds. The normalized spacial score (nSPS) is 10.4. The number of amides is 2. The van der Waals surface area contributed by atoms with Crippen LogP contribution >= 0.6 is 0 Å². The van der Waals surface area contributed by atoms with E-state index in [2.05, 4.69) is 15.7 Å². The van der Waals surface area contributed by atoms with Crippen LogP contribution in [-0.2, 0) is 6.54 Å². The number of hydrogen-bond donors (Lipinski definition) is 2. The lowest BCUT2D eigenvalue weighted by molar-refractivity contribution is 0.102. The molecule has 7 heteroatoms. The van der Waals surface area contributed by atoms with Gasteiger partial charge in [-0.3, -0.25) is 14.3 Å². The number of nitrogens with one attached hydrogen (secondary N) is 2. The van der Waals surface area contributed by atoms with Gasteiger partial charge in [-0.15, -0.1) is 0 Å². The zero-order valence-electron chi connectivity index (χ0n) is 17.5. The lowest BCUT2D eigenvalue weighted by atomic mass is 10.1. The molecule has 0 fully saturated rings. The largest absolute Gasteiger partial charge is 0.497 e. The van der Waals surface area contributed by atoms with Crippen LogP contribution < -0.4 is 15.4 Å². The molecular formula is C25H22N4O3. The number of para-hydroxylation sites is 1. The molecule has 2 N–H and O–H groups in total. The third-order valence-corrected chi connectivity index (χ3v) is 4.83. The van der Waals surface area contributed by atoms with Gasteiger partial charge in [0.15, 0.2) is 0 Å². The highest BCUT2D eigenvalue weighted by Crippen LogP contribution is 2.21. The standard InChI is InChI=1S/C25H22N4O3/c1-32-21-11-7-10-20(14-21)27-25(31)22-12-5-6-13-23(22)28-24(30)19-15-26-29(17-19)16-18-8-3-2-4-9-18/h2-15,17H,16H2,1H3,(H,27,31)(H,28,30). The van der Waals surface area contributed by atoms with Crippen LogP contribution in [0.1, 0.15) is 26.3 Å². The third kappa shape index (κ3) is 5.02. The number of carbonyl (C=O) groups excluding carboxylic acids is 2. The van der Waals surface area contributed by atoms with Crippen molar-refractivity contribution < 1.29 is 14.3 Å². The number of nitrogens with zero attached hydrogens (tertiary/aromatic N) is 2. The third-order valence-electron chi connectivity index (χ3n) is 4.83. The lowest BCUT2D eigenvalue weighted by Gasteiger charge is -2.11. The number of carbonyl (C=O) groups is 2. The first kappa shape index (κ1) is 20.9. The minimum absolute atomic E-state index is 0.339. The SMILES string of the molecule is COc1cccc(NC(=O)c2ccccc2NC(=O)c2cnn(Cc3ccccc3)c2)c1. The molecule has 0 saturated carbocycles. The fraction of sp³-hybridized carbons (Fsp3) is 0.0800. The maximum atomic E-state index is 12.8. The predicted octanol–water partition coefficient (Wildman–Crippen LogP) is 4.44. The predicted molar refractivity (Wildman–Crippen MR) is 123 cm³/mol. The average molecular weight is 426 g/mol. The summed E-state index contributed by atoms with van der Waals surface area (Å²) in [5.74, 6) is -0.0447. The summed E-state index contributed by atoms with van der Waals surface area (Å²) in [5.41, 5.74) is 2.85. The maximum Gasteiger partial charge on any atom is 0.258 e. The smallest absolute Gasteiger partial charge is 0.258 e. The number of ether oxygens (including phenoxy) is 1. The topological polar surface area (TPSA) is 85.2 Å². The van der Waals surface area contributed by atoms with Crippen LogP contribution in [0.4, 0.5) is 11.4 Å². The Kier molecular flexibility index (Phi) is 6.27. The average Bonchev–Trinajstić information content (AvgIpc) is 3.29. The molecule has 0 unspecified atom stereocenters. The summed E-state index contributed by atoms with van der Waals surface area (Å²) >= 11 is 0. The molecule has 0 atom stereocenters. The Labute approximate surface area is 185 Å². The van der Waals surface area contributed by atoms with E-state index in [0.29, 0.717) is 34.8 Å². The highest BCUT2D eigenvalue weighted by molar-refractivity contribution is 6.12. The van der Waals surface area contributed by atoms with Crippen molar-refractivity contribution in [2.24, 2.45) is 0 Å². The summed E-state index contributed by atoms with van der Waals surface area (Å²) in [6.07, 6.45) is 3.19. The summed E-state index contributed by atoms with van der Waals surface area (Å²) in [7, 11) is 1.56. The number of hydrogen-bond acceptors (Lipinski definition) is 4. The van der Waals surface area contributed by atoms with Gasteiger partial charge in [0.25, 0.3) is 11.8 Å². The van der Waals surface area contributed by atoms with Gasteiger partial charge in [0.05, 0.1) is 36.7 Å². The van der Waals surface area contributed by atoms with E-state index in [-0.39, 0.29) is 11.8 Å². The molecule has 0 saturated heterocycles. The highest BCUT2D eigenvalue weighted by atomic mass is 16.5. The fourth-order valence-electron chi connectivity index (χ4n) is 3.22. The Morgan fingerprint density at radius 2 is 1.69 bits per heavy atom. The molecule has 160 valence electrons. The van der Waals surface area contributed by atoms with Crippen LogP contribution in [0.15, 0.2) is 91.3 Å². The van der Waals surface area contributed by atoms with Crippen LogP contribution in [0.25, 0.3) is 0 Å². The molecule has 1 aromatic heterocycles. The monoisotopic (exact) mass is 426 g/mol. The van der Waals surface area contributed by atoms with Gasteiger partial charge in [0.1, 0.15) is 5.75 Å². The number of rotatable bonds is 7. The van der Waals surface area contributed by atoms with E-state index in [0.717, 1.165) is 5.56 Å². The Bertz CT molecular complexity index is 1230. The first-order chi connectivity index (χ1) is 15.6. The summed E-state index contributed by atoms with van der Waals surface area (Å²) in [5, 5.41) is 9.92. The second kappa shape index (κ2) is 9.61. The van der Waals surface area contributed by atoms with Crippen LogP contribution in [0.3, 0.4) is 0 Å². The molecule has 4 aromatic rings. The van der Waals surface area contributed by atoms with Crippen molar-refractivity contribution in [3.8, 4) is 5.75 Å². The second-order valence-corrected chi connectivity index (χ2v) is 7.10. The molecule has 1 heterocycles. The Morgan fingerprint density at radius 1 is 0.906 bits per heavy atom. The first-order valence-electron chi connectivity index (χ1n) is 10.0. The molecule has 3 aromatic carbocycles. The number of benzene rings is 3. The molecule has 0 aliphatic rings. The van der Waals surface area contributed by atoms with Crippen LogP contribution in [0.5, 0.6) is 5.75 Å². The van der Waals surface area contributed by atoms with Crippen molar-refractivity contribution >= 4 is 23.2 Å². The van der Waals surface area contributed by atoms with Gasteiger partial charge in [-0.25, -0.2) is 0 Å². The minimum atomic E-state index is -0.342. The number of anilines is 2. The molecule has 0 aliphatic heterocycles. The zero-order valence-corrected chi connectivity index (χ0v) is 17.5. The van der Waals surface area contributed by atoms with E-state index in [1.807, 2.05) is 30.3 Å². The number of aromatic nitrogens is 2. The Morgan fingerprint density at radius 3 is 2.50 bits per heavy atom. The van der Waals surface area contributed by atoms with Gasteiger partial charge >= 0.3 is 0 Å². The van der Waals surface area contributed by atoms with E-state index >= 15 is 0 Å². The van der Waals surface area contributed by atoms with Gasteiger partial charge in [-0.1, -0.05) is 48.5 Å². The van der Waals surface area contributed by atoms with Crippen molar-refractivity contribution in [2.45, 2.75) is 6.54 Å². The van der Waals surface area contributed by atoms with E-state index in [1.54, 1.807) is 66.5 Å². The molecule has 7 nitrogen and oxygen atoms in total. The molecular weight excluding hydrogens is 404 g/mol. The van der Waals surface area contributed by atoms with E-state index in [4.69, 9.17) is 4.74 Å². The lowest BCUT2D eigenvalue weighted by Crippen LogP contribution is -2.18. The second-order valence-electron chi connectivity index (χ2n) is 7.10. The Hall–Kier alpha value is -4.39. The van der Waals surface area contributed by atoms with Gasteiger partial charge in [0, 0.05) is 18.0 Å². The van der Waals surface area contributed by atoms with Gasteiger partial charge in [-0.05, 0) is 29.8 Å². The first-order valence-corrected chi connectivity index (χ1v) is 10.0. The van der Waals surface area contributed by atoms with Crippen LogP contribution in [-0.4, -0.2) is 28.7 Å². The minimum Gasteiger partial charge on any atom is -0.497 e. The van der Waals surface area contributed by atoms with Gasteiger partial charge in [-0.2, -0.15) is 5.10 Å². The molecule has 4 rings (SSSR count). The van der Waals surface area contributed by atoms with Crippen LogP contribution in [0, 0.1) is 0 Å². The molecule has 0 bridgehead atoms. The number of methoxy groups -OCH3 is 1. The molecule has 0 spiro atoms. The van der Waals surface area contributed by atoms with Gasteiger partial charge < -0.3 is 15.4 Å². The van der Waals surface area contributed by atoms with Crippen molar-refractivity contribution in [3.05, 3.63) is 108 Å². The maximum absolute atomic E-state index is 12.8. The Balaban J connectivity index is 1.47. The zero-order chi connectivity index (χ0) is 22.3. The summed E-state index contributed by atoms with van der Waals surface area (Å²) < 4.78 is 6.89. The van der Waals surface area contributed by atoms with E-state index in [1.165, 1.54) is 6.20 Å². The van der Waals surface area contributed by atoms with Gasteiger partial charge in [0.2, 0.25) is 0 Å². The van der Waals surface area contributed by atoms with Crippen molar-refractivity contribution in [1.29, 1.82) is 0 Å². The van der Waals surface area contributed by atoms with Crippen LogP contribution in [0.2, 0.25) is 0 Å². The van der Waals surface area contributed by atoms with E-state index < -0.39 is 0 Å². The molecule has 0 radical (unpaired) electrons. The highest BCUT2D eigenvalue weighted by Gasteiger charge is 2.16. The molecule has 0 aliphatic carbocycles. The fourth-order valence-corrected chi connectivity index (χ4v) is 3.22. The molecule has 32 heavy (non-hydrogen) atoms. The summed E-state index contributed by atoms with van der Waals surface area (Å²) in [6.45, 7) is 0.563. The summed E-state index contributed by atoms with van der Waals surface area (Å²) in [6, 6.07) is 23.8. The van der Waals surface area contributed by atoms with Crippen molar-refractivity contribution in [2.75, 3.05) is 17.7 Å². The quantitative estimate of drug-likeness (QED) is 0.457. The van der Waals surface area contributed by atoms with E-state index in [9.17, 15) is 9.59 Å². The van der Waals surface area contributed by atoms with Crippen molar-refractivity contribution in [3.63, 3.8) is 0 Å². The van der Waals surface area contributed by atoms with Crippen molar-refractivity contribution in [1.82, 2.24) is 9.78 Å².